The fourth-order valence-corrected chi connectivity index (χ4v) is 1.58. The van der Waals surface area contributed by atoms with Crippen LogP contribution in [-0.2, 0) is 18.9 Å². The topological polar surface area (TPSA) is 130 Å². The monoisotopic (exact) mass is 346 g/mol. The molecule has 1 aromatic rings. The van der Waals surface area contributed by atoms with Crippen molar-refractivity contribution in [1.82, 2.24) is 15.0 Å². The van der Waals surface area contributed by atoms with Crippen LogP contribution in [0.1, 0.15) is 13.3 Å². The van der Waals surface area contributed by atoms with E-state index < -0.39 is 16.3 Å². The van der Waals surface area contributed by atoms with Crippen LogP contribution >= 0.6 is 0 Å². The minimum atomic E-state index is -4.43. The molecule has 0 atom stereocenters. The van der Waals surface area contributed by atoms with Gasteiger partial charge in [0.2, 0.25) is 11.9 Å². The SMILES string of the molecule is C#CCN(C)c1nc(NCCC)nc(N(O)OS(=O)(=O)OC)n1. The van der Waals surface area contributed by atoms with Crippen LogP contribution in [-0.4, -0.2) is 55.8 Å². The first kappa shape index (κ1) is 18.8. The van der Waals surface area contributed by atoms with Gasteiger partial charge in [-0.05, 0) is 6.42 Å². The molecular weight excluding hydrogens is 328 g/mol. The zero-order valence-electron chi connectivity index (χ0n) is 12.9. The van der Waals surface area contributed by atoms with Crippen molar-refractivity contribution in [1.29, 1.82) is 0 Å². The van der Waals surface area contributed by atoms with Gasteiger partial charge in [0.05, 0.1) is 13.7 Å². The average molecular weight is 346 g/mol. The number of anilines is 3. The summed E-state index contributed by atoms with van der Waals surface area (Å²) < 4.78 is 30.7. The summed E-state index contributed by atoms with van der Waals surface area (Å²) in [7, 11) is -1.94. The van der Waals surface area contributed by atoms with Gasteiger partial charge in [0.1, 0.15) is 0 Å². The van der Waals surface area contributed by atoms with Crippen LogP contribution in [0.5, 0.6) is 0 Å². The predicted molar refractivity (Wildman–Crippen MR) is 82.0 cm³/mol. The number of nitrogens with zero attached hydrogens (tertiary/aromatic N) is 5. The highest BCUT2D eigenvalue weighted by atomic mass is 32.3. The van der Waals surface area contributed by atoms with E-state index in [0.29, 0.717) is 6.54 Å². The Hall–Kier alpha value is -2.20. The number of terminal acetylenes is 1. The van der Waals surface area contributed by atoms with Crippen LogP contribution in [0, 0.1) is 12.3 Å². The summed E-state index contributed by atoms with van der Waals surface area (Å²) in [4.78, 5) is 13.3. The summed E-state index contributed by atoms with van der Waals surface area (Å²) in [6.07, 6.45) is 6.02. The Bertz CT molecular complexity index is 661. The highest BCUT2D eigenvalue weighted by molar-refractivity contribution is 7.81. The molecule has 0 saturated carbocycles. The molecule has 23 heavy (non-hydrogen) atoms. The van der Waals surface area contributed by atoms with E-state index in [1.165, 1.54) is 4.90 Å². The lowest BCUT2D eigenvalue weighted by Gasteiger charge is -2.18. The van der Waals surface area contributed by atoms with E-state index in [0.717, 1.165) is 13.5 Å². The van der Waals surface area contributed by atoms with Crippen molar-refractivity contribution in [3.63, 3.8) is 0 Å². The van der Waals surface area contributed by atoms with Crippen molar-refractivity contribution in [3.05, 3.63) is 0 Å². The molecule has 0 spiro atoms. The van der Waals surface area contributed by atoms with Crippen molar-refractivity contribution in [3.8, 4) is 12.3 Å². The predicted octanol–water partition coefficient (Wildman–Crippen LogP) is -0.219. The minimum Gasteiger partial charge on any atom is -0.354 e. The second kappa shape index (κ2) is 8.44. The largest absolute Gasteiger partial charge is 0.422 e. The Kier molecular flexibility index (Phi) is 6.91. The van der Waals surface area contributed by atoms with Crippen LogP contribution in [0.3, 0.4) is 0 Å². The van der Waals surface area contributed by atoms with Crippen molar-refractivity contribution < 1.29 is 22.1 Å². The Morgan fingerprint density at radius 3 is 2.57 bits per heavy atom. The zero-order chi connectivity index (χ0) is 17.5. The lowest BCUT2D eigenvalue weighted by atomic mass is 10.5. The van der Waals surface area contributed by atoms with E-state index in [-0.39, 0.29) is 23.7 Å². The van der Waals surface area contributed by atoms with Gasteiger partial charge in [-0.2, -0.15) is 23.4 Å². The maximum atomic E-state index is 11.2. The molecule has 2 N–H and O–H groups in total. The fourth-order valence-electron chi connectivity index (χ4n) is 1.28. The fraction of sp³-hybridized carbons (Fsp3) is 0.545. The van der Waals surface area contributed by atoms with Crippen molar-refractivity contribution in [2.45, 2.75) is 13.3 Å². The van der Waals surface area contributed by atoms with Gasteiger partial charge >= 0.3 is 10.4 Å². The third-order valence-electron chi connectivity index (χ3n) is 2.35. The number of hydrogen-bond donors (Lipinski definition) is 2. The third kappa shape index (κ3) is 5.83. The standard InChI is InChI=1S/C11H18N6O5S/c1-5-7-12-9-13-10(16(3)8-6-2)15-11(14-9)17(18)22-23(19,20)21-4/h2,18H,5,7-8H2,1,3-4H3,(H,12,13,14,15). The van der Waals surface area contributed by atoms with Crippen molar-refractivity contribution in [2.75, 3.05) is 42.7 Å². The van der Waals surface area contributed by atoms with Gasteiger partial charge in [-0.15, -0.1) is 6.42 Å². The summed E-state index contributed by atoms with van der Waals surface area (Å²) in [6.45, 7) is 2.69. The normalized spacial score (nSPS) is 10.9. The first-order valence-electron chi connectivity index (χ1n) is 6.46. The van der Waals surface area contributed by atoms with Crippen LogP contribution in [0.25, 0.3) is 0 Å². The number of aromatic nitrogens is 3. The first-order valence-corrected chi connectivity index (χ1v) is 7.80. The van der Waals surface area contributed by atoms with Crippen LogP contribution < -0.4 is 15.4 Å². The van der Waals surface area contributed by atoms with Gasteiger partial charge in [0.25, 0.3) is 5.95 Å². The molecule has 1 heterocycles. The van der Waals surface area contributed by atoms with Gasteiger partial charge in [-0.1, -0.05) is 22.4 Å². The van der Waals surface area contributed by atoms with Crippen molar-refractivity contribution >= 4 is 28.2 Å². The molecule has 0 aliphatic carbocycles. The van der Waals surface area contributed by atoms with Crippen molar-refractivity contribution in [2.24, 2.45) is 0 Å². The molecule has 0 aromatic carbocycles. The summed E-state index contributed by atoms with van der Waals surface area (Å²) in [6, 6.07) is 0. The summed E-state index contributed by atoms with van der Waals surface area (Å²) in [5.74, 6) is 2.18. The molecule has 0 fully saturated rings. The highest BCUT2D eigenvalue weighted by Gasteiger charge is 2.21. The molecule has 0 radical (unpaired) electrons. The Morgan fingerprint density at radius 2 is 2.00 bits per heavy atom. The van der Waals surface area contributed by atoms with Crippen LogP contribution in [0.4, 0.5) is 17.8 Å². The van der Waals surface area contributed by atoms with Gasteiger partial charge < -0.3 is 10.2 Å². The molecular formula is C11H18N6O5S. The molecule has 0 bridgehead atoms. The van der Waals surface area contributed by atoms with Gasteiger partial charge in [0.15, 0.2) is 0 Å². The molecule has 0 amide bonds. The Morgan fingerprint density at radius 1 is 1.35 bits per heavy atom. The molecule has 12 heteroatoms. The Balaban J connectivity index is 3.13. The van der Waals surface area contributed by atoms with E-state index in [1.807, 2.05) is 6.92 Å². The maximum absolute atomic E-state index is 11.2. The smallest absolute Gasteiger partial charge is 0.354 e. The third-order valence-corrected chi connectivity index (χ3v) is 3.08. The number of nitrogens with one attached hydrogen (secondary N) is 1. The molecule has 0 aliphatic heterocycles. The first-order chi connectivity index (χ1) is 10.8. The molecule has 1 rings (SSSR count). The van der Waals surface area contributed by atoms with E-state index >= 15 is 0 Å². The number of hydrogen-bond acceptors (Lipinski definition) is 11. The minimum absolute atomic E-state index is 0.115. The second-order valence-electron chi connectivity index (χ2n) is 4.17. The molecule has 128 valence electrons. The maximum Gasteiger partial charge on any atom is 0.422 e. The zero-order valence-corrected chi connectivity index (χ0v) is 13.7. The summed E-state index contributed by atoms with van der Waals surface area (Å²) in [5, 5.41) is 12.4. The Labute approximate surface area is 134 Å². The van der Waals surface area contributed by atoms with E-state index in [4.69, 9.17) is 6.42 Å². The average Bonchev–Trinajstić information content (AvgIpc) is 2.52. The number of rotatable bonds is 9. The van der Waals surface area contributed by atoms with E-state index in [1.54, 1.807) is 7.05 Å². The van der Waals surface area contributed by atoms with Gasteiger partial charge in [0, 0.05) is 13.6 Å². The summed E-state index contributed by atoms with van der Waals surface area (Å²) in [5.41, 5.74) is 0. The van der Waals surface area contributed by atoms with Gasteiger partial charge in [-0.25, -0.2) is 0 Å². The van der Waals surface area contributed by atoms with Crippen LogP contribution in [0.2, 0.25) is 0 Å². The highest BCUT2D eigenvalue weighted by Crippen LogP contribution is 2.16. The molecule has 0 saturated heterocycles. The lowest BCUT2D eigenvalue weighted by molar-refractivity contribution is 0.0387. The molecule has 11 nitrogen and oxygen atoms in total. The molecule has 0 unspecified atom stereocenters. The van der Waals surface area contributed by atoms with Gasteiger partial charge in [-0.3, -0.25) is 9.39 Å². The van der Waals surface area contributed by atoms with Crippen LogP contribution in [0.15, 0.2) is 0 Å². The molecule has 1 aromatic heterocycles. The lowest BCUT2D eigenvalue weighted by Crippen LogP contribution is -2.28. The second-order valence-corrected chi connectivity index (χ2v) is 5.47. The summed E-state index contributed by atoms with van der Waals surface area (Å²) >= 11 is 0. The van der Waals surface area contributed by atoms with E-state index in [9.17, 15) is 13.6 Å². The van der Waals surface area contributed by atoms with E-state index in [2.05, 4.69) is 34.7 Å². The quantitative estimate of drug-likeness (QED) is 0.454. The molecule has 0 aliphatic rings.